The Balaban J connectivity index is 2.43. The van der Waals surface area contributed by atoms with Crippen LogP contribution >= 0.6 is 0 Å². The summed E-state index contributed by atoms with van der Waals surface area (Å²) in [5.74, 6) is -0.640. The number of hydrogen-bond donors (Lipinski definition) is 3. The lowest BCUT2D eigenvalue weighted by Crippen LogP contribution is -2.42. The van der Waals surface area contributed by atoms with Crippen LogP contribution in [0.4, 0.5) is 0 Å². The van der Waals surface area contributed by atoms with Crippen LogP contribution in [0.5, 0.6) is 0 Å². The van der Waals surface area contributed by atoms with Gasteiger partial charge in [0, 0.05) is 24.8 Å². The van der Waals surface area contributed by atoms with Crippen LogP contribution < -0.4 is 16.4 Å². The van der Waals surface area contributed by atoms with Crippen LogP contribution in [0, 0.1) is 0 Å². The van der Waals surface area contributed by atoms with Crippen molar-refractivity contribution in [3.8, 4) is 0 Å². The van der Waals surface area contributed by atoms with Gasteiger partial charge in [0.15, 0.2) is 0 Å². The van der Waals surface area contributed by atoms with Gasteiger partial charge in [-0.3, -0.25) is 14.3 Å². The van der Waals surface area contributed by atoms with Crippen LogP contribution in [0.3, 0.4) is 0 Å². The highest BCUT2D eigenvalue weighted by molar-refractivity contribution is 5.87. The Bertz CT molecular complexity index is 427. The number of carbonyl (C=O) groups excluding carboxylic acids is 2. The summed E-state index contributed by atoms with van der Waals surface area (Å²) in [6.45, 7) is 3.62. The second kappa shape index (κ2) is 6.15. The second-order valence-electron chi connectivity index (χ2n) is 4.37. The van der Waals surface area contributed by atoms with E-state index < -0.39 is 11.9 Å². The monoisotopic (exact) mass is 253 g/mol. The largest absolute Gasteiger partial charge is 0.352 e. The molecule has 2 amide bonds. The lowest BCUT2D eigenvalue weighted by molar-refractivity contribution is -0.127. The summed E-state index contributed by atoms with van der Waals surface area (Å²) < 4.78 is 1.56. The minimum atomic E-state index is -0.814. The molecule has 7 heteroatoms. The number of hydrogen-bond acceptors (Lipinski definition) is 4. The molecule has 7 nitrogen and oxygen atoms in total. The lowest BCUT2D eigenvalue weighted by atomic mass is 10.1. The van der Waals surface area contributed by atoms with Crippen molar-refractivity contribution in [2.75, 3.05) is 6.54 Å². The first-order valence-electron chi connectivity index (χ1n) is 5.71. The van der Waals surface area contributed by atoms with Gasteiger partial charge in [0.05, 0.1) is 12.7 Å². The third-order valence-corrected chi connectivity index (χ3v) is 2.24. The SMILES string of the molecule is CC(C)NC(=O)CNC(=O)C(N)c1cnn(C)c1. The molecule has 1 atom stereocenters. The number of carbonyl (C=O) groups is 2. The number of aromatic nitrogens is 2. The molecule has 0 aliphatic rings. The molecule has 0 aliphatic heterocycles. The number of nitrogens with two attached hydrogens (primary N) is 1. The molecule has 1 aromatic rings. The van der Waals surface area contributed by atoms with Gasteiger partial charge in [-0.15, -0.1) is 0 Å². The Hall–Kier alpha value is -1.89. The van der Waals surface area contributed by atoms with Crippen molar-refractivity contribution in [3.63, 3.8) is 0 Å². The Kier molecular flexibility index (Phi) is 4.85. The minimum absolute atomic E-state index is 0.0430. The standard InChI is InChI=1S/C11H19N5O2/c1-7(2)15-9(17)5-13-11(18)10(12)8-4-14-16(3)6-8/h4,6-7,10H,5,12H2,1-3H3,(H,13,18)(H,15,17). The predicted octanol–water partition coefficient (Wildman–Crippen LogP) is -0.939. The highest BCUT2D eigenvalue weighted by Crippen LogP contribution is 2.07. The zero-order valence-corrected chi connectivity index (χ0v) is 10.8. The van der Waals surface area contributed by atoms with E-state index in [2.05, 4.69) is 15.7 Å². The molecule has 0 bridgehead atoms. The lowest BCUT2D eigenvalue weighted by Gasteiger charge is -2.12. The zero-order chi connectivity index (χ0) is 13.7. The van der Waals surface area contributed by atoms with Crippen LogP contribution in [0.15, 0.2) is 12.4 Å². The first-order chi connectivity index (χ1) is 8.40. The number of amides is 2. The molecule has 0 aliphatic carbocycles. The zero-order valence-electron chi connectivity index (χ0n) is 10.8. The van der Waals surface area contributed by atoms with Crippen molar-refractivity contribution in [2.45, 2.75) is 25.9 Å². The van der Waals surface area contributed by atoms with Gasteiger partial charge in [0.2, 0.25) is 11.8 Å². The Morgan fingerprint density at radius 1 is 1.50 bits per heavy atom. The van der Waals surface area contributed by atoms with Gasteiger partial charge in [-0.1, -0.05) is 0 Å². The van der Waals surface area contributed by atoms with Crippen LogP contribution in [0.2, 0.25) is 0 Å². The summed E-state index contributed by atoms with van der Waals surface area (Å²) in [5.41, 5.74) is 6.35. The summed E-state index contributed by atoms with van der Waals surface area (Å²) in [7, 11) is 1.74. The summed E-state index contributed by atoms with van der Waals surface area (Å²) >= 11 is 0. The first kappa shape index (κ1) is 14.2. The Labute approximate surface area is 106 Å². The summed E-state index contributed by atoms with van der Waals surface area (Å²) in [4.78, 5) is 23.0. The molecule has 1 unspecified atom stereocenters. The molecular weight excluding hydrogens is 234 g/mol. The number of nitrogens with one attached hydrogen (secondary N) is 2. The van der Waals surface area contributed by atoms with E-state index in [-0.39, 0.29) is 18.5 Å². The second-order valence-corrected chi connectivity index (χ2v) is 4.37. The van der Waals surface area contributed by atoms with Crippen molar-refractivity contribution < 1.29 is 9.59 Å². The molecule has 1 heterocycles. The topological polar surface area (TPSA) is 102 Å². The number of aryl methyl sites for hydroxylation is 1. The van der Waals surface area contributed by atoms with Crippen LogP contribution in [0.25, 0.3) is 0 Å². The van der Waals surface area contributed by atoms with Gasteiger partial charge < -0.3 is 16.4 Å². The normalized spacial score (nSPS) is 12.3. The molecule has 0 aromatic carbocycles. The molecule has 1 rings (SSSR count). The van der Waals surface area contributed by atoms with Gasteiger partial charge in [0.25, 0.3) is 0 Å². The van der Waals surface area contributed by atoms with E-state index in [4.69, 9.17) is 5.73 Å². The van der Waals surface area contributed by atoms with E-state index in [9.17, 15) is 9.59 Å². The third kappa shape index (κ3) is 4.17. The Morgan fingerprint density at radius 2 is 2.17 bits per heavy atom. The summed E-state index contributed by atoms with van der Waals surface area (Å²) in [5, 5.41) is 9.08. The molecule has 100 valence electrons. The van der Waals surface area contributed by atoms with E-state index in [1.165, 1.54) is 6.20 Å². The fourth-order valence-corrected chi connectivity index (χ4v) is 1.40. The first-order valence-corrected chi connectivity index (χ1v) is 5.71. The molecule has 1 aromatic heterocycles. The highest BCUT2D eigenvalue weighted by Gasteiger charge is 2.17. The van der Waals surface area contributed by atoms with Crippen LogP contribution in [-0.2, 0) is 16.6 Å². The van der Waals surface area contributed by atoms with Gasteiger partial charge in [-0.2, -0.15) is 5.10 Å². The van der Waals surface area contributed by atoms with E-state index in [1.807, 2.05) is 13.8 Å². The van der Waals surface area contributed by atoms with E-state index in [1.54, 1.807) is 17.9 Å². The molecule has 0 fully saturated rings. The maximum atomic E-state index is 11.7. The number of nitrogens with zero attached hydrogens (tertiary/aromatic N) is 2. The van der Waals surface area contributed by atoms with Gasteiger partial charge in [0.1, 0.15) is 6.04 Å². The molecular formula is C11H19N5O2. The quantitative estimate of drug-likeness (QED) is 0.630. The van der Waals surface area contributed by atoms with E-state index in [0.717, 1.165) is 0 Å². The summed E-state index contributed by atoms with van der Waals surface area (Å²) in [6.07, 6.45) is 3.19. The minimum Gasteiger partial charge on any atom is -0.352 e. The maximum Gasteiger partial charge on any atom is 0.242 e. The fourth-order valence-electron chi connectivity index (χ4n) is 1.40. The molecule has 0 radical (unpaired) electrons. The van der Waals surface area contributed by atoms with Gasteiger partial charge in [-0.25, -0.2) is 0 Å². The average Bonchev–Trinajstić information content (AvgIpc) is 2.70. The van der Waals surface area contributed by atoms with E-state index >= 15 is 0 Å². The maximum absolute atomic E-state index is 11.7. The van der Waals surface area contributed by atoms with Crippen LogP contribution in [0.1, 0.15) is 25.5 Å². The van der Waals surface area contributed by atoms with Gasteiger partial charge in [-0.05, 0) is 13.8 Å². The molecule has 0 saturated carbocycles. The van der Waals surface area contributed by atoms with Crippen LogP contribution in [-0.4, -0.2) is 34.2 Å². The fraction of sp³-hybridized carbons (Fsp3) is 0.545. The van der Waals surface area contributed by atoms with Crippen molar-refractivity contribution in [1.29, 1.82) is 0 Å². The molecule has 4 N–H and O–H groups in total. The molecule has 0 saturated heterocycles. The summed E-state index contributed by atoms with van der Waals surface area (Å²) in [6, 6.07) is -0.771. The van der Waals surface area contributed by atoms with Crippen molar-refractivity contribution in [1.82, 2.24) is 20.4 Å². The molecule has 0 spiro atoms. The predicted molar refractivity (Wildman–Crippen MR) is 66.4 cm³/mol. The third-order valence-electron chi connectivity index (χ3n) is 2.24. The molecule has 18 heavy (non-hydrogen) atoms. The number of rotatable bonds is 5. The average molecular weight is 253 g/mol. The highest BCUT2D eigenvalue weighted by atomic mass is 16.2. The Morgan fingerprint density at radius 3 is 2.67 bits per heavy atom. The van der Waals surface area contributed by atoms with Crippen molar-refractivity contribution >= 4 is 11.8 Å². The van der Waals surface area contributed by atoms with Gasteiger partial charge >= 0.3 is 0 Å². The van der Waals surface area contributed by atoms with Crippen molar-refractivity contribution in [2.24, 2.45) is 12.8 Å². The van der Waals surface area contributed by atoms with Crippen molar-refractivity contribution in [3.05, 3.63) is 18.0 Å². The van der Waals surface area contributed by atoms with E-state index in [0.29, 0.717) is 5.56 Å². The smallest absolute Gasteiger partial charge is 0.242 e.